The first-order valence-electron chi connectivity index (χ1n) is 6.15. The summed E-state index contributed by atoms with van der Waals surface area (Å²) < 4.78 is 7.74. The third-order valence-electron chi connectivity index (χ3n) is 3.34. The van der Waals surface area contributed by atoms with Crippen molar-refractivity contribution in [2.75, 3.05) is 12.3 Å². The summed E-state index contributed by atoms with van der Waals surface area (Å²) >= 11 is 0. The minimum absolute atomic E-state index is 0.446. The highest BCUT2D eigenvalue weighted by molar-refractivity contribution is 5.30. The molecule has 4 heteroatoms. The van der Waals surface area contributed by atoms with Crippen molar-refractivity contribution in [2.45, 2.75) is 45.3 Å². The molecule has 0 saturated heterocycles. The van der Waals surface area contributed by atoms with Crippen molar-refractivity contribution in [3.05, 3.63) is 12.4 Å². The van der Waals surface area contributed by atoms with E-state index in [0.717, 1.165) is 13.2 Å². The van der Waals surface area contributed by atoms with Gasteiger partial charge in [-0.15, -0.1) is 0 Å². The van der Waals surface area contributed by atoms with E-state index in [-0.39, 0.29) is 0 Å². The van der Waals surface area contributed by atoms with Gasteiger partial charge in [-0.1, -0.05) is 19.8 Å². The molecule has 0 spiro atoms. The van der Waals surface area contributed by atoms with E-state index >= 15 is 0 Å². The van der Waals surface area contributed by atoms with E-state index in [9.17, 15) is 0 Å². The maximum Gasteiger partial charge on any atom is 0.0719 e. The van der Waals surface area contributed by atoms with Crippen molar-refractivity contribution in [3.8, 4) is 0 Å². The van der Waals surface area contributed by atoms with Crippen LogP contribution in [-0.2, 0) is 11.3 Å². The average Bonchev–Trinajstić information content (AvgIpc) is 2.67. The molecule has 2 N–H and O–H groups in total. The highest BCUT2D eigenvalue weighted by Crippen LogP contribution is 2.26. The molecule has 16 heavy (non-hydrogen) atoms. The summed E-state index contributed by atoms with van der Waals surface area (Å²) in [5.41, 5.74) is 6.30. The average molecular weight is 223 g/mol. The van der Waals surface area contributed by atoms with Crippen LogP contribution in [0.2, 0.25) is 0 Å². The van der Waals surface area contributed by atoms with Gasteiger partial charge in [0.15, 0.2) is 0 Å². The number of nitrogens with two attached hydrogens (primary N) is 1. The Labute approximate surface area is 96.8 Å². The minimum atomic E-state index is 0.446. The summed E-state index contributed by atoms with van der Waals surface area (Å²) in [6, 6.07) is 0. The first kappa shape index (κ1) is 11.5. The number of nitrogen functional groups attached to an aromatic ring is 1. The maximum absolute atomic E-state index is 5.91. The molecule has 1 aromatic heterocycles. The van der Waals surface area contributed by atoms with Crippen molar-refractivity contribution in [1.82, 2.24) is 9.78 Å². The highest BCUT2D eigenvalue weighted by Gasteiger charge is 2.21. The summed E-state index contributed by atoms with van der Waals surface area (Å²) in [6.45, 7) is 3.81. The number of rotatable bonds is 4. The van der Waals surface area contributed by atoms with Gasteiger partial charge in [-0.25, -0.2) is 0 Å². The lowest BCUT2D eigenvalue weighted by atomic mass is 9.88. The lowest BCUT2D eigenvalue weighted by Crippen LogP contribution is -2.27. The number of anilines is 1. The van der Waals surface area contributed by atoms with Crippen LogP contribution in [0.25, 0.3) is 0 Å². The fraction of sp³-hybridized carbons (Fsp3) is 0.750. The number of ether oxygens (including phenoxy) is 1. The van der Waals surface area contributed by atoms with Crippen LogP contribution >= 0.6 is 0 Å². The Morgan fingerprint density at radius 1 is 1.50 bits per heavy atom. The van der Waals surface area contributed by atoms with E-state index in [1.165, 1.54) is 25.7 Å². The van der Waals surface area contributed by atoms with Crippen LogP contribution in [0.5, 0.6) is 0 Å². The van der Waals surface area contributed by atoms with Gasteiger partial charge < -0.3 is 10.5 Å². The Balaban J connectivity index is 1.71. The van der Waals surface area contributed by atoms with E-state index in [2.05, 4.69) is 12.0 Å². The van der Waals surface area contributed by atoms with Crippen molar-refractivity contribution in [1.29, 1.82) is 0 Å². The predicted molar refractivity (Wildman–Crippen MR) is 64.0 cm³/mol. The van der Waals surface area contributed by atoms with Gasteiger partial charge in [0.05, 0.1) is 31.1 Å². The van der Waals surface area contributed by atoms with E-state index < -0.39 is 0 Å². The lowest BCUT2D eigenvalue weighted by molar-refractivity contribution is -0.00929. The van der Waals surface area contributed by atoms with Crippen LogP contribution < -0.4 is 5.73 Å². The number of nitrogens with zero attached hydrogens (tertiary/aromatic N) is 2. The molecular formula is C12H21N3O. The van der Waals surface area contributed by atoms with Crippen LogP contribution in [0.4, 0.5) is 5.69 Å². The lowest BCUT2D eigenvalue weighted by Gasteiger charge is -2.28. The van der Waals surface area contributed by atoms with Gasteiger partial charge in [-0.3, -0.25) is 4.68 Å². The van der Waals surface area contributed by atoms with Crippen molar-refractivity contribution < 1.29 is 4.74 Å². The largest absolute Gasteiger partial charge is 0.396 e. The molecule has 0 aliphatic heterocycles. The van der Waals surface area contributed by atoms with Gasteiger partial charge in [0.1, 0.15) is 0 Å². The molecule has 90 valence electrons. The van der Waals surface area contributed by atoms with Gasteiger partial charge in [0.25, 0.3) is 0 Å². The summed E-state index contributed by atoms with van der Waals surface area (Å²) in [7, 11) is 0. The Morgan fingerprint density at radius 2 is 2.31 bits per heavy atom. The number of aromatic nitrogens is 2. The predicted octanol–water partition coefficient (Wildman–Crippen LogP) is 2.06. The zero-order valence-electron chi connectivity index (χ0n) is 9.93. The molecule has 0 amide bonds. The molecule has 2 atom stereocenters. The van der Waals surface area contributed by atoms with Crippen molar-refractivity contribution >= 4 is 5.69 Å². The minimum Gasteiger partial charge on any atom is -0.396 e. The zero-order valence-corrected chi connectivity index (χ0v) is 9.93. The first-order chi connectivity index (χ1) is 7.75. The molecule has 1 fully saturated rings. The Bertz CT molecular complexity index is 324. The smallest absolute Gasteiger partial charge is 0.0719 e. The zero-order chi connectivity index (χ0) is 11.4. The SMILES string of the molecule is CC1CCCCC1OCCn1cc(N)cn1. The van der Waals surface area contributed by atoms with E-state index in [1.807, 2.05) is 10.9 Å². The van der Waals surface area contributed by atoms with Gasteiger partial charge in [-0.05, 0) is 18.8 Å². The van der Waals surface area contributed by atoms with Crippen molar-refractivity contribution in [2.24, 2.45) is 5.92 Å². The fourth-order valence-electron chi connectivity index (χ4n) is 2.33. The normalized spacial score (nSPS) is 25.8. The monoisotopic (exact) mass is 223 g/mol. The van der Waals surface area contributed by atoms with Crippen LogP contribution in [0.1, 0.15) is 32.6 Å². The third-order valence-corrected chi connectivity index (χ3v) is 3.34. The second-order valence-electron chi connectivity index (χ2n) is 4.71. The molecule has 2 unspecified atom stereocenters. The molecule has 0 radical (unpaired) electrons. The molecule has 4 nitrogen and oxygen atoms in total. The molecule has 0 aromatic carbocycles. The van der Waals surface area contributed by atoms with Crippen LogP contribution in [0.15, 0.2) is 12.4 Å². The third kappa shape index (κ3) is 2.98. The number of hydrogen-bond donors (Lipinski definition) is 1. The Hall–Kier alpha value is -1.03. The van der Waals surface area contributed by atoms with E-state index in [1.54, 1.807) is 6.20 Å². The molecular weight excluding hydrogens is 202 g/mol. The van der Waals surface area contributed by atoms with E-state index in [0.29, 0.717) is 17.7 Å². The van der Waals surface area contributed by atoms with Crippen LogP contribution in [0, 0.1) is 5.92 Å². The van der Waals surface area contributed by atoms with E-state index in [4.69, 9.17) is 10.5 Å². The Morgan fingerprint density at radius 3 is 3.00 bits per heavy atom. The molecule has 1 heterocycles. The molecule has 1 aliphatic rings. The quantitative estimate of drug-likeness (QED) is 0.850. The number of hydrogen-bond acceptors (Lipinski definition) is 3. The summed E-state index contributed by atoms with van der Waals surface area (Å²) in [5, 5.41) is 4.13. The second-order valence-corrected chi connectivity index (χ2v) is 4.71. The van der Waals surface area contributed by atoms with Gasteiger partial charge >= 0.3 is 0 Å². The topological polar surface area (TPSA) is 53.1 Å². The second kappa shape index (κ2) is 5.34. The fourth-order valence-corrected chi connectivity index (χ4v) is 2.33. The Kier molecular flexibility index (Phi) is 3.83. The standard InChI is InChI=1S/C12H21N3O/c1-10-4-2-3-5-12(10)16-7-6-15-9-11(13)8-14-15/h8-10,12H,2-7,13H2,1H3. The highest BCUT2D eigenvalue weighted by atomic mass is 16.5. The first-order valence-corrected chi connectivity index (χ1v) is 6.15. The summed E-state index contributed by atoms with van der Waals surface area (Å²) in [5.74, 6) is 0.705. The van der Waals surface area contributed by atoms with Gasteiger partial charge in [0.2, 0.25) is 0 Å². The molecule has 1 aliphatic carbocycles. The molecule has 1 aromatic rings. The van der Waals surface area contributed by atoms with Crippen molar-refractivity contribution in [3.63, 3.8) is 0 Å². The molecule has 1 saturated carbocycles. The van der Waals surface area contributed by atoms with Gasteiger partial charge in [-0.2, -0.15) is 5.10 Å². The summed E-state index contributed by atoms with van der Waals surface area (Å²) in [6.07, 6.45) is 9.14. The molecule has 2 rings (SSSR count). The van der Waals surface area contributed by atoms with Gasteiger partial charge in [0, 0.05) is 6.20 Å². The van der Waals surface area contributed by atoms with Crippen LogP contribution in [0.3, 0.4) is 0 Å². The maximum atomic E-state index is 5.91. The molecule has 0 bridgehead atoms. The van der Waals surface area contributed by atoms with Crippen LogP contribution in [-0.4, -0.2) is 22.5 Å². The summed E-state index contributed by atoms with van der Waals surface area (Å²) in [4.78, 5) is 0.